The van der Waals surface area contributed by atoms with Crippen LogP contribution in [-0.4, -0.2) is 37.3 Å². The van der Waals surface area contributed by atoms with Gasteiger partial charge in [0, 0.05) is 19.2 Å². The maximum Gasteiger partial charge on any atom is 0.255 e. The fraction of sp³-hybridized carbons (Fsp3) is 0.300. The zero-order valence-electron chi connectivity index (χ0n) is 15.5. The number of carbonyl (C=O) groups is 1. The van der Waals surface area contributed by atoms with Crippen molar-refractivity contribution < 1.29 is 4.79 Å². The standard InChI is InChI=1S/C20H20ClN5O/c1-12-7-8-17(22-11-12)26-16-9-10-25(14(3)19(16)23-24-26)20(27)15-6-4-5-13(2)18(15)21/h4-8,11,14H,9-10H2,1-3H3. The van der Waals surface area contributed by atoms with Gasteiger partial charge in [-0.2, -0.15) is 4.68 Å². The van der Waals surface area contributed by atoms with E-state index in [0.29, 0.717) is 23.6 Å². The molecule has 27 heavy (non-hydrogen) atoms. The summed E-state index contributed by atoms with van der Waals surface area (Å²) in [6.07, 6.45) is 2.47. The van der Waals surface area contributed by atoms with Crippen LogP contribution in [0, 0.1) is 13.8 Å². The number of hydrogen-bond acceptors (Lipinski definition) is 4. The second-order valence-corrected chi connectivity index (χ2v) is 7.27. The van der Waals surface area contributed by atoms with E-state index in [1.54, 1.807) is 10.7 Å². The van der Waals surface area contributed by atoms with Gasteiger partial charge < -0.3 is 4.90 Å². The van der Waals surface area contributed by atoms with Crippen LogP contribution in [0.2, 0.25) is 5.02 Å². The van der Waals surface area contributed by atoms with E-state index in [2.05, 4.69) is 15.3 Å². The largest absolute Gasteiger partial charge is 0.330 e. The molecule has 4 rings (SSSR count). The number of aryl methyl sites for hydroxylation is 2. The van der Waals surface area contributed by atoms with E-state index in [4.69, 9.17) is 11.6 Å². The molecule has 1 aromatic carbocycles. The fourth-order valence-corrected chi connectivity index (χ4v) is 3.66. The summed E-state index contributed by atoms with van der Waals surface area (Å²) in [5.41, 5.74) is 4.32. The Morgan fingerprint density at radius 1 is 1.22 bits per heavy atom. The molecule has 1 unspecified atom stereocenters. The molecule has 138 valence electrons. The molecule has 0 radical (unpaired) electrons. The molecule has 0 spiro atoms. The van der Waals surface area contributed by atoms with Gasteiger partial charge in [-0.15, -0.1) is 5.10 Å². The van der Waals surface area contributed by atoms with Crippen molar-refractivity contribution in [2.75, 3.05) is 6.54 Å². The third-order valence-electron chi connectivity index (χ3n) is 5.04. The van der Waals surface area contributed by atoms with Crippen LogP contribution in [0.15, 0.2) is 36.5 Å². The van der Waals surface area contributed by atoms with Crippen molar-refractivity contribution in [2.45, 2.75) is 33.2 Å². The maximum atomic E-state index is 13.1. The Kier molecular flexibility index (Phi) is 4.44. The second-order valence-electron chi connectivity index (χ2n) is 6.89. The number of aromatic nitrogens is 4. The minimum Gasteiger partial charge on any atom is -0.330 e. The van der Waals surface area contributed by atoms with E-state index in [1.807, 2.05) is 56.1 Å². The number of halogens is 1. The van der Waals surface area contributed by atoms with E-state index >= 15 is 0 Å². The first-order valence-corrected chi connectivity index (χ1v) is 9.28. The summed E-state index contributed by atoms with van der Waals surface area (Å²) in [6.45, 7) is 6.45. The minimum absolute atomic E-state index is 0.0788. The van der Waals surface area contributed by atoms with Crippen LogP contribution in [0.3, 0.4) is 0 Å². The number of nitrogens with zero attached hydrogens (tertiary/aromatic N) is 5. The smallest absolute Gasteiger partial charge is 0.255 e. The van der Waals surface area contributed by atoms with Gasteiger partial charge in [-0.3, -0.25) is 4.79 Å². The van der Waals surface area contributed by atoms with Crippen molar-refractivity contribution in [3.05, 3.63) is 69.6 Å². The molecule has 0 N–H and O–H groups in total. The monoisotopic (exact) mass is 381 g/mol. The van der Waals surface area contributed by atoms with E-state index in [9.17, 15) is 4.79 Å². The highest BCUT2D eigenvalue weighted by molar-refractivity contribution is 6.34. The molecule has 0 bridgehead atoms. The van der Waals surface area contributed by atoms with Crippen molar-refractivity contribution in [1.29, 1.82) is 0 Å². The lowest BCUT2D eigenvalue weighted by Crippen LogP contribution is -2.39. The Bertz CT molecular complexity index is 1010. The highest BCUT2D eigenvalue weighted by atomic mass is 35.5. The molecule has 1 atom stereocenters. The minimum atomic E-state index is -0.183. The molecule has 3 aromatic rings. The van der Waals surface area contributed by atoms with Gasteiger partial charge in [-0.1, -0.05) is 35.0 Å². The van der Waals surface area contributed by atoms with Gasteiger partial charge in [0.2, 0.25) is 0 Å². The third-order valence-corrected chi connectivity index (χ3v) is 5.54. The van der Waals surface area contributed by atoms with Crippen molar-refractivity contribution in [1.82, 2.24) is 24.9 Å². The number of carbonyl (C=O) groups excluding carboxylic acids is 1. The molecule has 1 amide bonds. The summed E-state index contributed by atoms with van der Waals surface area (Å²) in [6, 6.07) is 9.27. The zero-order chi connectivity index (χ0) is 19.1. The summed E-state index contributed by atoms with van der Waals surface area (Å²) in [5, 5.41) is 9.14. The first-order valence-electron chi connectivity index (χ1n) is 8.91. The number of benzene rings is 1. The first kappa shape index (κ1) is 17.7. The quantitative estimate of drug-likeness (QED) is 0.679. The summed E-state index contributed by atoms with van der Waals surface area (Å²) in [5.74, 6) is 0.660. The SMILES string of the molecule is Cc1ccc(-n2nnc3c2CCN(C(=O)c2cccc(C)c2Cl)C3C)nc1. The Labute approximate surface area is 162 Å². The van der Waals surface area contributed by atoms with Crippen LogP contribution >= 0.6 is 11.6 Å². The molecule has 0 saturated carbocycles. The predicted octanol–water partition coefficient (Wildman–Crippen LogP) is 3.69. The van der Waals surface area contributed by atoms with E-state index < -0.39 is 0 Å². The van der Waals surface area contributed by atoms with Gasteiger partial charge in [0.1, 0.15) is 5.69 Å². The lowest BCUT2D eigenvalue weighted by molar-refractivity contribution is 0.0672. The molecular formula is C20H20ClN5O. The average Bonchev–Trinajstić information content (AvgIpc) is 3.09. The highest BCUT2D eigenvalue weighted by Gasteiger charge is 2.33. The van der Waals surface area contributed by atoms with Gasteiger partial charge in [-0.05, 0) is 44.0 Å². The molecule has 3 heterocycles. The van der Waals surface area contributed by atoms with Crippen molar-refractivity contribution in [2.24, 2.45) is 0 Å². The van der Waals surface area contributed by atoms with Crippen molar-refractivity contribution in [3.8, 4) is 5.82 Å². The molecule has 1 aliphatic rings. The van der Waals surface area contributed by atoms with Crippen molar-refractivity contribution in [3.63, 3.8) is 0 Å². The summed E-state index contributed by atoms with van der Waals surface area (Å²) in [7, 11) is 0. The first-order chi connectivity index (χ1) is 13.0. The summed E-state index contributed by atoms with van der Waals surface area (Å²) >= 11 is 6.36. The average molecular weight is 382 g/mol. The van der Waals surface area contributed by atoms with Crippen molar-refractivity contribution >= 4 is 17.5 Å². The lowest BCUT2D eigenvalue weighted by Gasteiger charge is -2.33. The number of fused-ring (bicyclic) bond motifs is 1. The molecule has 7 heteroatoms. The maximum absolute atomic E-state index is 13.1. The third kappa shape index (κ3) is 3.00. The van der Waals surface area contributed by atoms with Crippen LogP contribution in [0.1, 0.15) is 45.8 Å². The molecule has 1 aliphatic heterocycles. The summed E-state index contributed by atoms with van der Waals surface area (Å²) < 4.78 is 1.77. The molecule has 0 aliphatic carbocycles. The van der Waals surface area contributed by atoms with Crippen LogP contribution < -0.4 is 0 Å². The molecular weight excluding hydrogens is 362 g/mol. The topological polar surface area (TPSA) is 63.9 Å². The number of hydrogen-bond donors (Lipinski definition) is 0. The van der Waals surface area contributed by atoms with Gasteiger partial charge in [0.25, 0.3) is 5.91 Å². The van der Waals surface area contributed by atoms with Gasteiger partial charge in [-0.25, -0.2) is 4.98 Å². The fourth-order valence-electron chi connectivity index (χ4n) is 3.45. The molecule has 0 saturated heterocycles. The van der Waals surface area contributed by atoms with Crippen LogP contribution in [0.4, 0.5) is 0 Å². The van der Waals surface area contributed by atoms with E-state index in [1.165, 1.54) is 0 Å². The lowest BCUT2D eigenvalue weighted by atomic mass is 10.0. The normalized spacial score (nSPS) is 16.3. The Morgan fingerprint density at radius 3 is 2.78 bits per heavy atom. The summed E-state index contributed by atoms with van der Waals surface area (Å²) in [4.78, 5) is 19.3. The Hall–Kier alpha value is -2.73. The molecule has 2 aromatic heterocycles. The van der Waals surface area contributed by atoms with Crippen LogP contribution in [-0.2, 0) is 6.42 Å². The number of pyridine rings is 1. The number of amides is 1. The van der Waals surface area contributed by atoms with E-state index in [0.717, 1.165) is 28.3 Å². The Morgan fingerprint density at radius 2 is 2.04 bits per heavy atom. The predicted molar refractivity (Wildman–Crippen MR) is 103 cm³/mol. The number of rotatable bonds is 2. The van der Waals surface area contributed by atoms with Gasteiger partial charge >= 0.3 is 0 Å². The Balaban J connectivity index is 1.66. The zero-order valence-corrected chi connectivity index (χ0v) is 16.2. The van der Waals surface area contributed by atoms with E-state index in [-0.39, 0.29) is 11.9 Å². The van der Waals surface area contributed by atoms with Gasteiger partial charge in [0.15, 0.2) is 5.82 Å². The second kappa shape index (κ2) is 6.78. The highest BCUT2D eigenvalue weighted by Crippen LogP contribution is 2.31. The van der Waals surface area contributed by atoms with Crippen LogP contribution in [0.25, 0.3) is 5.82 Å². The van der Waals surface area contributed by atoms with Gasteiger partial charge in [0.05, 0.1) is 22.3 Å². The molecule has 0 fully saturated rings. The van der Waals surface area contributed by atoms with Crippen LogP contribution in [0.5, 0.6) is 0 Å². The molecule has 6 nitrogen and oxygen atoms in total.